The third-order valence-corrected chi connectivity index (χ3v) is 12.8. The van der Waals surface area contributed by atoms with Gasteiger partial charge in [-0.2, -0.15) is 0 Å². The van der Waals surface area contributed by atoms with Crippen LogP contribution in [0.1, 0.15) is 78.4 Å². The number of likely N-dealkylation sites (tertiary alicyclic amines) is 1. The molecule has 0 atom stereocenters. The number of pyridine rings is 1. The lowest BCUT2D eigenvalue weighted by Gasteiger charge is -2.47. The molecule has 3 fully saturated rings. The van der Waals surface area contributed by atoms with Crippen molar-refractivity contribution in [2.75, 3.05) is 77.6 Å². The summed E-state index contributed by atoms with van der Waals surface area (Å²) in [6.45, 7) is 7.36. The average Bonchev–Trinajstić information content (AvgIpc) is 3.29. The second-order valence-electron chi connectivity index (χ2n) is 17.0. The number of ether oxygens (including phenoxy) is 3. The summed E-state index contributed by atoms with van der Waals surface area (Å²) in [6.07, 6.45) is 11.0. The quantitative estimate of drug-likeness (QED) is 0.0947. The van der Waals surface area contributed by atoms with Crippen LogP contribution in [-0.2, 0) is 38.4 Å². The predicted molar refractivity (Wildman–Crippen MR) is 234 cm³/mol. The summed E-state index contributed by atoms with van der Waals surface area (Å²) in [7, 11) is 0. The summed E-state index contributed by atoms with van der Waals surface area (Å²) in [5.41, 5.74) is 5.03. The van der Waals surface area contributed by atoms with E-state index in [4.69, 9.17) is 14.2 Å². The number of fused-ring (bicyclic) bond motifs is 2. The summed E-state index contributed by atoms with van der Waals surface area (Å²) in [4.78, 5) is 49.8. The van der Waals surface area contributed by atoms with E-state index in [2.05, 4.69) is 49.7 Å². The molecule has 13 heteroatoms. The number of anilines is 1. The van der Waals surface area contributed by atoms with E-state index in [1.807, 2.05) is 41.3 Å². The van der Waals surface area contributed by atoms with Gasteiger partial charge in [-0.05, 0) is 92.1 Å². The zero-order valence-electron chi connectivity index (χ0n) is 35.2. The first-order chi connectivity index (χ1) is 29.8. The highest BCUT2D eigenvalue weighted by Crippen LogP contribution is 2.39. The number of aromatic nitrogens is 1. The number of hydrogen-bond donors (Lipinski definition) is 3. The normalized spacial score (nSPS) is 18.1. The summed E-state index contributed by atoms with van der Waals surface area (Å²) in [5.74, 6) is 0.445. The first-order valence-electron chi connectivity index (χ1n) is 22.3. The van der Waals surface area contributed by atoms with Gasteiger partial charge in [-0.15, -0.1) is 0 Å². The fraction of sp³-hybridized carbons (Fsp3) is 0.500. The first kappa shape index (κ1) is 42.6. The number of amides is 3. The molecular formula is C48H60N6O7. The van der Waals surface area contributed by atoms with E-state index in [9.17, 15) is 19.5 Å². The molecule has 3 aliphatic heterocycles. The number of nitrogens with one attached hydrogen (secondary N) is 2. The molecule has 3 aromatic carbocycles. The Labute approximate surface area is 358 Å². The van der Waals surface area contributed by atoms with E-state index in [1.165, 1.54) is 17.5 Å². The molecule has 4 aliphatic rings. The minimum absolute atomic E-state index is 0.00527. The third-order valence-electron chi connectivity index (χ3n) is 12.8. The third kappa shape index (κ3) is 10.9. The van der Waals surface area contributed by atoms with E-state index in [-0.39, 0.29) is 41.7 Å². The minimum Gasteiger partial charge on any atom is -0.506 e. The molecule has 3 amide bonds. The zero-order chi connectivity index (χ0) is 42.0. The van der Waals surface area contributed by atoms with Gasteiger partial charge in [-0.3, -0.25) is 24.3 Å². The van der Waals surface area contributed by atoms with Crippen LogP contribution in [0.2, 0.25) is 0 Å². The minimum atomic E-state index is -0.303. The molecule has 1 spiro atoms. The molecule has 61 heavy (non-hydrogen) atoms. The molecule has 0 radical (unpaired) electrons. The molecule has 8 rings (SSSR count). The van der Waals surface area contributed by atoms with Gasteiger partial charge in [0, 0.05) is 62.5 Å². The number of phenolic OH excluding ortho intramolecular Hbond substituents is 1. The molecule has 1 aliphatic carbocycles. The molecular weight excluding hydrogens is 773 g/mol. The van der Waals surface area contributed by atoms with Crippen molar-refractivity contribution in [2.24, 2.45) is 0 Å². The molecule has 2 saturated heterocycles. The lowest BCUT2D eigenvalue weighted by Crippen LogP contribution is -2.57. The summed E-state index contributed by atoms with van der Waals surface area (Å²) in [6, 6.07) is 22.1. The highest BCUT2D eigenvalue weighted by atomic mass is 16.5. The first-order valence-corrected chi connectivity index (χ1v) is 22.3. The maximum atomic E-state index is 13.6. The van der Waals surface area contributed by atoms with Crippen LogP contribution in [0.15, 0.2) is 72.9 Å². The van der Waals surface area contributed by atoms with Gasteiger partial charge in [0.15, 0.2) is 12.4 Å². The largest absolute Gasteiger partial charge is 0.506 e. The van der Waals surface area contributed by atoms with Gasteiger partial charge in [-0.25, -0.2) is 0 Å². The van der Waals surface area contributed by atoms with Crippen LogP contribution < -0.4 is 15.4 Å². The van der Waals surface area contributed by atoms with Gasteiger partial charge in [0.05, 0.1) is 43.9 Å². The van der Waals surface area contributed by atoms with Gasteiger partial charge in [-0.1, -0.05) is 55.7 Å². The number of nitrogens with zero attached hydrogens (tertiary/aromatic N) is 4. The lowest BCUT2D eigenvalue weighted by atomic mass is 9.88. The van der Waals surface area contributed by atoms with Crippen molar-refractivity contribution in [2.45, 2.75) is 82.4 Å². The number of piperidine rings is 1. The maximum Gasteiger partial charge on any atom is 0.262 e. The van der Waals surface area contributed by atoms with Crippen LogP contribution in [0.25, 0.3) is 10.9 Å². The Morgan fingerprint density at radius 3 is 2.67 bits per heavy atom. The standard InChI is InChI=1S/C48H60N6O7/c55-42-14-12-37(46-45(42)51-43(56)33-60-46)15-21-49-22-25-54(40-9-2-1-3-10-40)44(57)17-28-59-27-16-35-6-4-7-36(30-35)32-52-23-18-48(19-24-52)34-53(26-29-61-48)47(58)39-11-13-41-38(31-39)8-5-20-50-41/h4-8,11-14,20,30-31,40,49,55H,1-3,9-10,15-19,21-29,32-34H2,(H,51,56). The summed E-state index contributed by atoms with van der Waals surface area (Å²) in [5, 5.41) is 17.3. The highest BCUT2D eigenvalue weighted by Gasteiger charge is 2.41. The van der Waals surface area contributed by atoms with Gasteiger partial charge in [0.1, 0.15) is 11.4 Å². The number of morpholine rings is 1. The van der Waals surface area contributed by atoms with Crippen LogP contribution in [0.5, 0.6) is 11.5 Å². The monoisotopic (exact) mass is 832 g/mol. The second kappa shape index (κ2) is 20.2. The molecule has 1 saturated carbocycles. The fourth-order valence-corrected chi connectivity index (χ4v) is 9.43. The number of phenols is 1. The summed E-state index contributed by atoms with van der Waals surface area (Å²) >= 11 is 0. The van der Waals surface area contributed by atoms with Crippen LogP contribution in [-0.4, -0.2) is 126 Å². The van der Waals surface area contributed by atoms with Crippen molar-refractivity contribution in [1.29, 1.82) is 0 Å². The SMILES string of the molecule is O=C1COc2c(CCNCCN(C(=O)CCOCCc3cccc(CN4CCC5(CC4)CN(C(=O)c4ccc6ncccc6c4)CCO5)c3)C3CCCCC3)ccc(O)c2N1. The van der Waals surface area contributed by atoms with E-state index < -0.39 is 0 Å². The Hall–Kier alpha value is -5.08. The van der Waals surface area contributed by atoms with E-state index in [0.29, 0.717) is 82.4 Å². The molecule has 4 aromatic rings. The Bertz CT molecular complexity index is 2150. The predicted octanol–water partition coefficient (Wildman–Crippen LogP) is 5.72. The molecule has 0 bridgehead atoms. The van der Waals surface area contributed by atoms with E-state index >= 15 is 0 Å². The van der Waals surface area contributed by atoms with Crippen LogP contribution in [0.4, 0.5) is 5.69 Å². The molecule has 0 unspecified atom stereocenters. The molecule has 1 aromatic heterocycles. The number of hydrogen-bond acceptors (Lipinski definition) is 10. The number of carbonyl (C=O) groups is 3. The van der Waals surface area contributed by atoms with Crippen LogP contribution in [0, 0.1) is 0 Å². The van der Waals surface area contributed by atoms with Crippen molar-refractivity contribution in [3.8, 4) is 11.5 Å². The number of rotatable bonds is 16. The Balaban J connectivity index is 0.747. The van der Waals surface area contributed by atoms with Crippen molar-refractivity contribution in [3.63, 3.8) is 0 Å². The second-order valence-corrected chi connectivity index (χ2v) is 17.0. The number of carbonyl (C=O) groups excluding carboxylic acids is 3. The van der Waals surface area contributed by atoms with Crippen molar-refractivity contribution in [3.05, 3.63) is 95.2 Å². The zero-order valence-corrected chi connectivity index (χ0v) is 35.2. The van der Waals surface area contributed by atoms with Gasteiger partial charge >= 0.3 is 0 Å². The van der Waals surface area contributed by atoms with E-state index in [1.54, 1.807) is 12.3 Å². The number of aromatic hydroxyl groups is 1. The average molecular weight is 833 g/mol. The highest BCUT2D eigenvalue weighted by molar-refractivity contribution is 5.98. The smallest absolute Gasteiger partial charge is 0.262 e. The van der Waals surface area contributed by atoms with Gasteiger partial charge in [0.25, 0.3) is 11.8 Å². The van der Waals surface area contributed by atoms with Crippen molar-refractivity contribution >= 4 is 34.3 Å². The lowest BCUT2D eigenvalue weighted by molar-refractivity contribution is -0.135. The Morgan fingerprint density at radius 2 is 1.80 bits per heavy atom. The summed E-state index contributed by atoms with van der Waals surface area (Å²) < 4.78 is 18.1. The fourth-order valence-electron chi connectivity index (χ4n) is 9.43. The van der Waals surface area contributed by atoms with Crippen LogP contribution in [0.3, 0.4) is 0 Å². The molecule has 3 N–H and O–H groups in total. The van der Waals surface area contributed by atoms with Gasteiger partial charge in [0.2, 0.25) is 5.91 Å². The maximum absolute atomic E-state index is 13.6. The molecule has 13 nitrogen and oxygen atoms in total. The molecule has 4 heterocycles. The van der Waals surface area contributed by atoms with Crippen molar-refractivity contribution < 1.29 is 33.7 Å². The van der Waals surface area contributed by atoms with Gasteiger partial charge < -0.3 is 39.8 Å². The van der Waals surface area contributed by atoms with Crippen molar-refractivity contribution in [1.82, 2.24) is 25.0 Å². The van der Waals surface area contributed by atoms with Crippen LogP contribution >= 0.6 is 0 Å². The number of benzene rings is 3. The topological polar surface area (TPSA) is 146 Å². The Morgan fingerprint density at radius 1 is 0.951 bits per heavy atom. The van der Waals surface area contributed by atoms with E-state index in [0.717, 1.165) is 81.0 Å². The Kier molecular flexibility index (Phi) is 14.1. The molecule has 324 valence electrons.